The number of hydrogen-bond acceptors (Lipinski definition) is 2. The maximum atomic E-state index is 16.8. The number of carbonyl (C=O) groups excluding carboxylic acids is 1. The highest BCUT2D eigenvalue weighted by atomic mass is 19.1. The smallest absolute Gasteiger partial charge is 0.315 e. The van der Waals surface area contributed by atoms with Crippen LogP contribution in [0.3, 0.4) is 0 Å². The van der Waals surface area contributed by atoms with E-state index < -0.39 is 11.7 Å². The van der Waals surface area contributed by atoms with Gasteiger partial charge in [0.05, 0.1) is 6.04 Å². The van der Waals surface area contributed by atoms with Crippen molar-refractivity contribution in [3.63, 3.8) is 0 Å². The topological polar surface area (TPSA) is 54.0 Å². The van der Waals surface area contributed by atoms with Gasteiger partial charge in [0.15, 0.2) is 5.67 Å². The second-order valence-electron chi connectivity index (χ2n) is 8.61. The van der Waals surface area contributed by atoms with Crippen LogP contribution in [0.2, 0.25) is 0 Å². The Kier molecular flexibility index (Phi) is 5.78. The number of aromatic nitrogens is 1. The van der Waals surface area contributed by atoms with Gasteiger partial charge < -0.3 is 10.6 Å². The van der Waals surface area contributed by atoms with Crippen LogP contribution < -0.4 is 10.6 Å². The fraction of sp³-hybridized carbons (Fsp3) is 0.214. The molecule has 2 unspecified atom stereocenters. The quantitative estimate of drug-likeness (QED) is 0.434. The Morgan fingerprint density at radius 2 is 1.82 bits per heavy atom. The van der Waals surface area contributed by atoms with Crippen molar-refractivity contribution in [2.24, 2.45) is 0 Å². The monoisotopic (exact) mass is 439 g/mol. The van der Waals surface area contributed by atoms with E-state index in [0.29, 0.717) is 18.5 Å². The van der Waals surface area contributed by atoms with E-state index >= 15 is 4.39 Å². The number of amides is 2. The molecule has 0 radical (unpaired) electrons. The molecule has 0 saturated heterocycles. The highest BCUT2D eigenvalue weighted by Crippen LogP contribution is 2.41. The molecule has 2 atom stereocenters. The van der Waals surface area contributed by atoms with Crippen LogP contribution in [0, 0.1) is 0 Å². The average molecular weight is 440 g/mol. The van der Waals surface area contributed by atoms with Gasteiger partial charge in [-0.05, 0) is 46.5 Å². The highest BCUT2D eigenvalue weighted by molar-refractivity contribution is 5.85. The van der Waals surface area contributed by atoms with Crippen LogP contribution in [0.25, 0.3) is 10.8 Å². The van der Waals surface area contributed by atoms with Gasteiger partial charge in [0, 0.05) is 30.7 Å². The Morgan fingerprint density at radius 3 is 2.70 bits per heavy atom. The first-order valence-electron chi connectivity index (χ1n) is 11.3. The van der Waals surface area contributed by atoms with Gasteiger partial charge in [0.1, 0.15) is 0 Å². The number of fused-ring (bicyclic) bond motifs is 2. The van der Waals surface area contributed by atoms with Crippen molar-refractivity contribution in [1.29, 1.82) is 0 Å². The van der Waals surface area contributed by atoms with Crippen LogP contribution in [-0.2, 0) is 25.1 Å². The molecule has 1 aliphatic rings. The normalized spacial score (nSPS) is 19.6. The summed E-state index contributed by atoms with van der Waals surface area (Å²) < 4.78 is 16.8. The Balaban J connectivity index is 1.35. The molecule has 5 rings (SSSR count). The standard InChI is InChI=1S/C28H26FN3O/c29-28(17-20-7-2-1-3-8-20)25-12-5-4-9-21(25)13-14-26(28)32-27(33)31-19-23-11-6-10-22-18-30-16-15-24(22)23/h1-12,15-16,18,26H,13-14,17,19H2,(H2,31,32,33). The number of benzene rings is 3. The number of pyridine rings is 1. The summed E-state index contributed by atoms with van der Waals surface area (Å²) in [5.41, 5.74) is 1.91. The summed E-state index contributed by atoms with van der Waals surface area (Å²) in [6, 6.07) is 24.2. The molecule has 1 aromatic heterocycles. The lowest BCUT2D eigenvalue weighted by Gasteiger charge is -2.40. The second kappa shape index (κ2) is 9.02. The first kappa shape index (κ1) is 21.1. The molecule has 1 heterocycles. The minimum Gasteiger partial charge on any atom is -0.334 e. The van der Waals surface area contributed by atoms with E-state index in [0.717, 1.165) is 33.9 Å². The van der Waals surface area contributed by atoms with Crippen molar-refractivity contribution in [3.8, 4) is 0 Å². The summed E-state index contributed by atoms with van der Waals surface area (Å²) in [5, 5.41) is 7.94. The van der Waals surface area contributed by atoms with Gasteiger partial charge in [-0.1, -0.05) is 72.8 Å². The van der Waals surface area contributed by atoms with Gasteiger partial charge in [0.2, 0.25) is 0 Å². The summed E-state index contributed by atoms with van der Waals surface area (Å²) in [6.45, 7) is 0.356. The zero-order valence-corrected chi connectivity index (χ0v) is 18.3. The molecule has 2 amide bonds. The molecule has 1 aliphatic carbocycles. The van der Waals surface area contributed by atoms with E-state index in [-0.39, 0.29) is 12.5 Å². The number of carbonyl (C=O) groups is 1. The lowest BCUT2D eigenvalue weighted by Crippen LogP contribution is -2.54. The molecule has 5 heteroatoms. The maximum Gasteiger partial charge on any atom is 0.315 e. The molecular weight excluding hydrogens is 413 g/mol. The van der Waals surface area contributed by atoms with Crippen molar-refractivity contribution in [2.75, 3.05) is 0 Å². The lowest BCUT2D eigenvalue weighted by atomic mass is 9.74. The van der Waals surface area contributed by atoms with Gasteiger partial charge in [-0.25, -0.2) is 9.18 Å². The van der Waals surface area contributed by atoms with Crippen LogP contribution in [0.4, 0.5) is 9.18 Å². The first-order valence-corrected chi connectivity index (χ1v) is 11.3. The largest absolute Gasteiger partial charge is 0.334 e. The van der Waals surface area contributed by atoms with Gasteiger partial charge in [-0.3, -0.25) is 4.98 Å². The Labute approximate surface area is 192 Å². The second-order valence-corrected chi connectivity index (χ2v) is 8.61. The molecule has 4 aromatic rings. The number of urea groups is 1. The van der Waals surface area contributed by atoms with Gasteiger partial charge >= 0.3 is 6.03 Å². The molecule has 0 saturated carbocycles. The molecule has 0 bridgehead atoms. The van der Waals surface area contributed by atoms with Crippen molar-refractivity contribution < 1.29 is 9.18 Å². The van der Waals surface area contributed by atoms with E-state index in [1.54, 1.807) is 12.4 Å². The summed E-state index contributed by atoms with van der Waals surface area (Å²) in [4.78, 5) is 17.0. The number of halogens is 1. The molecular formula is C28H26FN3O. The molecule has 0 fully saturated rings. The minimum absolute atomic E-state index is 0.214. The summed E-state index contributed by atoms with van der Waals surface area (Å²) in [6.07, 6.45) is 5.05. The van der Waals surface area contributed by atoms with E-state index in [9.17, 15) is 4.79 Å². The van der Waals surface area contributed by atoms with Crippen LogP contribution >= 0.6 is 0 Å². The zero-order chi connectivity index (χ0) is 22.7. The zero-order valence-electron chi connectivity index (χ0n) is 18.3. The van der Waals surface area contributed by atoms with E-state index in [1.165, 1.54) is 0 Å². The van der Waals surface area contributed by atoms with E-state index in [2.05, 4.69) is 15.6 Å². The highest BCUT2D eigenvalue weighted by Gasteiger charge is 2.45. The Morgan fingerprint density at radius 1 is 1.00 bits per heavy atom. The third-order valence-corrected chi connectivity index (χ3v) is 6.54. The van der Waals surface area contributed by atoms with Crippen LogP contribution in [0.1, 0.15) is 28.7 Å². The Bertz CT molecular complexity index is 1270. The number of nitrogens with zero attached hydrogens (tertiary/aromatic N) is 1. The third kappa shape index (κ3) is 4.31. The summed E-state index contributed by atoms with van der Waals surface area (Å²) >= 11 is 0. The minimum atomic E-state index is -1.68. The van der Waals surface area contributed by atoms with Gasteiger partial charge in [0.25, 0.3) is 0 Å². The predicted octanol–water partition coefficient (Wildman–Crippen LogP) is 5.46. The molecule has 33 heavy (non-hydrogen) atoms. The molecule has 166 valence electrons. The lowest BCUT2D eigenvalue weighted by molar-refractivity contribution is 0.0910. The maximum absolute atomic E-state index is 16.8. The number of alkyl halides is 1. The van der Waals surface area contributed by atoms with Crippen molar-refractivity contribution in [1.82, 2.24) is 15.6 Å². The predicted molar refractivity (Wildman–Crippen MR) is 129 cm³/mol. The first-order chi connectivity index (χ1) is 16.1. The Hall–Kier alpha value is -3.73. The summed E-state index contributed by atoms with van der Waals surface area (Å²) in [7, 11) is 0. The van der Waals surface area contributed by atoms with E-state index in [1.807, 2.05) is 78.9 Å². The van der Waals surface area contributed by atoms with Gasteiger partial charge in [-0.2, -0.15) is 0 Å². The fourth-order valence-electron chi connectivity index (χ4n) is 4.89. The van der Waals surface area contributed by atoms with Crippen LogP contribution in [-0.4, -0.2) is 17.1 Å². The number of nitrogens with one attached hydrogen (secondary N) is 2. The number of hydrogen-bond donors (Lipinski definition) is 2. The SMILES string of the molecule is O=C(NCc1cccc2cnccc12)NC1CCc2ccccc2C1(F)Cc1ccccc1. The molecule has 2 N–H and O–H groups in total. The van der Waals surface area contributed by atoms with Crippen molar-refractivity contribution in [3.05, 3.63) is 114 Å². The molecule has 0 spiro atoms. The van der Waals surface area contributed by atoms with Crippen molar-refractivity contribution in [2.45, 2.75) is 37.5 Å². The fourth-order valence-corrected chi connectivity index (χ4v) is 4.89. The number of aryl methyl sites for hydroxylation is 1. The van der Waals surface area contributed by atoms with Crippen LogP contribution in [0.15, 0.2) is 91.3 Å². The molecule has 0 aliphatic heterocycles. The average Bonchev–Trinajstić information content (AvgIpc) is 2.85. The third-order valence-electron chi connectivity index (χ3n) is 6.54. The summed E-state index contributed by atoms with van der Waals surface area (Å²) in [5.74, 6) is 0. The molecule has 4 nitrogen and oxygen atoms in total. The van der Waals surface area contributed by atoms with Gasteiger partial charge in [-0.15, -0.1) is 0 Å². The van der Waals surface area contributed by atoms with Crippen LogP contribution in [0.5, 0.6) is 0 Å². The van der Waals surface area contributed by atoms with Crippen molar-refractivity contribution >= 4 is 16.8 Å². The van der Waals surface area contributed by atoms with E-state index in [4.69, 9.17) is 0 Å². The number of rotatable bonds is 5. The molecule has 3 aromatic carbocycles.